The molecule has 4 bridgehead atoms. The van der Waals surface area contributed by atoms with Crippen LogP contribution >= 0.6 is 0 Å². The van der Waals surface area contributed by atoms with E-state index in [1.165, 1.54) is 0 Å². The molecule has 1 aromatic carbocycles. The van der Waals surface area contributed by atoms with E-state index < -0.39 is 0 Å². The number of carbonyl (C=O) groups excluding carboxylic acids is 1. The van der Waals surface area contributed by atoms with Crippen LogP contribution in [-0.4, -0.2) is 44.7 Å². The minimum absolute atomic E-state index is 0.0820. The number of hydrogen-bond donors (Lipinski definition) is 0. The van der Waals surface area contributed by atoms with E-state index in [1.807, 2.05) is 30.3 Å². The summed E-state index contributed by atoms with van der Waals surface area (Å²) in [5.41, 5.74) is 1.87. The molecule has 6 rings (SSSR count). The normalized spacial score (nSPS) is 16.4. The highest BCUT2D eigenvalue weighted by Crippen LogP contribution is 2.24. The van der Waals surface area contributed by atoms with Gasteiger partial charge in [0, 0.05) is 43.6 Å². The number of nitrogens with zero attached hydrogens (tertiary/aromatic N) is 5. The first-order chi connectivity index (χ1) is 12.8. The number of aliphatic imine (C=N–C) groups is 1. The molecule has 0 spiro atoms. The van der Waals surface area contributed by atoms with Crippen molar-refractivity contribution in [3.63, 3.8) is 0 Å². The molecule has 26 heavy (non-hydrogen) atoms. The first kappa shape index (κ1) is 14.8. The maximum absolute atomic E-state index is 12.9. The van der Waals surface area contributed by atoms with E-state index in [4.69, 9.17) is 4.74 Å². The van der Waals surface area contributed by atoms with Crippen molar-refractivity contribution in [2.75, 3.05) is 13.1 Å². The lowest BCUT2D eigenvalue weighted by Crippen LogP contribution is -2.35. The van der Waals surface area contributed by atoms with Gasteiger partial charge in [0.2, 0.25) is 0 Å². The second-order valence-corrected chi connectivity index (χ2v) is 6.18. The van der Waals surface area contributed by atoms with Crippen LogP contribution < -0.4 is 4.74 Å². The van der Waals surface area contributed by atoms with Crippen LogP contribution in [0.1, 0.15) is 22.3 Å². The molecule has 3 aromatic rings. The van der Waals surface area contributed by atoms with Gasteiger partial charge in [-0.3, -0.25) is 4.79 Å². The summed E-state index contributed by atoms with van der Waals surface area (Å²) in [5, 5.41) is 4.23. The van der Waals surface area contributed by atoms with Crippen LogP contribution in [0.3, 0.4) is 0 Å². The largest absolute Gasteiger partial charge is 0.461 e. The minimum atomic E-state index is -0.0820. The number of carbonyl (C=O) groups is 1. The van der Waals surface area contributed by atoms with Crippen LogP contribution in [0.5, 0.6) is 5.75 Å². The second-order valence-electron chi connectivity index (χ2n) is 6.18. The fourth-order valence-corrected chi connectivity index (χ4v) is 3.14. The molecule has 2 aromatic heterocycles. The maximum atomic E-state index is 12.9. The minimum Gasteiger partial charge on any atom is -0.461 e. The monoisotopic (exact) mass is 345 g/mol. The van der Waals surface area contributed by atoms with Gasteiger partial charge in [-0.1, -0.05) is 12.1 Å². The van der Waals surface area contributed by atoms with Crippen molar-refractivity contribution in [2.45, 2.75) is 6.42 Å². The fourth-order valence-electron chi connectivity index (χ4n) is 3.14. The number of rotatable bonds is 0. The molecule has 0 N–H and O–H groups in total. The quantitative estimate of drug-likeness (QED) is 0.628. The van der Waals surface area contributed by atoms with Gasteiger partial charge < -0.3 is 9.64 Å². The standard InChI is InChI=1S/C19H15N5O2/c25-19-15-12-21-24-10-7-17(22-18(15)24)20-11-13-3-1-2-4-16(13)26-14-5-8-23(19)9-6-14/h1-5,7,10-12H,6,8-9H2. The van der Waals surface area contributed by atoms with Crippen molar-refractivity contribution in [3.8, 4) is 5.75 Å². The van der Waals surface area contributed by atoms with Gasteiger partial charge in [-0.15, -0.1) is 0 Å². The molecule has 3 aliphatic heterocycles. The molecule has 7 heteroatoms. The van der Waals surface area contributed by atoms with E-state index >= 15 is 0 Å². The maximum Gasteiger partial charge on any atom is 0.259 e. The molecular weight excluding hydrogens is 330 g/mol. The Morgan fingerprint density at radius 2 is 2.08 bits per heavy atom. The zero-order chi connectivity index (χ0) is 17.5. The number of fused-ring (bicyclic) bond motifs is 2. The molecule has 3 aliphatic rings. The number of hydrogen-bond acceptors (Lipinski definition) is 5. The molecule has 0 unspecified atom stereocenters. The molecule has 1 amide bonds. The molecule has 7 nitrogen and oxygen atoms in total. The summed E-state index contributed by atoms with van der Waals surface area (Å²) < 4.78 is 7.65. The predicted octanol–water partition coefficient (Wildman–Crippen LogP) is 2.60. The Morgan fingerprint density at radius 1 is 1.15 bits per heavy atom. The second kappa shape index (κ2) is 5.80. The van der Waals surface area contributed by atoms with E-state index in [2.05, 4.69) is 15.1 Å². The Morgan fingerprint density at radius 3 is 2.96 bits per heavy atom. The summed E-state index contributed by atoms with van der Waals surface area (Å²) in [5.74, 6) is 2.04. The highest BCUT2D eigenvalue weighted by Gasteiger charge is 2.24. The average molecular weight is 345 g/mol. The molecule has 0 radical (unpaired) electrons. The highest BCUT2D eigenvalue weighted by molar-refractivity contribution is 6.00. The zero-order valence-corrected chi connectivity index (χ0v) is 13.9. The predicted molar refractivity (Wildman–Crippen MR) is 95.9 cm³/mol. The van der Waals surface area contributed by atoms with Gasteiger partial charge in [0.15, 0.2) is 11.5 Å². The number of aromatic nitrogens is 3. The number of amides is 1. The Bertz CT molecular complexity index is 1080. The SMILES string of the molecule is O=C1c2cnn3ccc(nc23)N=Cc2ccccc2OC2=CCN1CC2. The van der Waals surface area contributed by atoms with Crippen LogP contribution in [0, 0.1) is 0 Å². The highest BCUT2D eigenvalue weighted by atomic mass is 16.5. The molecule has 0 fully saturated rings. The van der Waals surface area contributed by atoms with Crippen molar-refractivity contribution in [1.82, 2.24) is 19.5 Å². The van der Waals surface area contributed by atoms with Gasteiger partial charge >= 0.3 is 0 Å². The number of ether oxygens (including phenoxy) is 1. The van der Waals surface area contributed by atoms with Crippen molar-refractivity contribution in [1.29, 1.82) is 0 Å². The first-order valence-electron chi connectivity index (χ1n) is 8.41. The number of para-hydroxylation sites is 1. The van der Waals surface area contributed by atoms with Crippen LogP contribution in [0.15, 0.2) is 59.6 Å². The summed E-state index contributed by atoms with van der Waals surface area (Å²) in [6, 6.07) is 9.50. The molecule has 0 saturated carbocycles. The lowest BCUT2D eigenvalue weighted by Gasteiger charge is -2.26. The molecule has 0 atom stereocenters. The lowest BCUT2D eigenvalue weighted by atomic mass is 10.1. The topological polar surface area (TPSA) is 72.1 Å². The summed E-state index contributed by atoms with van der Waals surface area (Å²) in [6.07, 6.45) is 7.66. The summed E-state index contributed by atoms with van der Waals surface area (Å²) in [6.45, 7) is 1.10. The Hall–Kier alpha value is -3.48. The molecule has 0 saturated heterocycles. The molecule has 0 aliphatic carbocycles. The van der Waals surface area contributed by atoms with Crippen molar-refractivity contribution < 1.29 is 9.53 Å². The third-order valence-electron chi connectivity index (χ3n) is 4.54. The van der Waals surface area contributed by atoms with Gasteiger partial charge in [-0.05, 0) is 18.2 Å². The Kier molecular flexibility index (Phi) is 3.31. The summed E-state index contributed by atoms with van der Waals surface area (Å²) >= 11 is 0. The number of benzene rings is 1. The van der Waals surface area contributed by atoms with Gasteiger partial charge in [0.1, 0.15) is 17.1 Å². The van der Waals surface area contributed by atoms with Crippen LogP contribution in [0.2, 0.25) is 0 Å². The van der Waals surface area contributed by atoms with Gasteiger partial charge in [0.05, 0.1) is 6.20 Å². The van der Waals surface area contributed by atoms with E-state index in [9.17, 15) is 4.79 Å². The summed E-state index contributed by atoms with van der Waals surface area (Å²) in [7, 11) is 0. The first-order valence-corrected chi connectivity index (χ1v) is 8.41. The van der Waals surface area contributed by atoms with E-state index in [0.29, 0.717) is 36.5 Å². The van der Waals surface area contributed by atoms with E-state index in [1.54, 1.807) is 34.1 Å². The van der Waals surface area contributed by atoms with Gasteiger partial charge in [-0.2, -0.15) is 5.10 Å². The zero-order valence-electron chi connectivity index (χ0n) is 13.9. The van der Waals surface area contributed by atoms with E-state index in [-0.39, 0.29) is 5.91 Å². The third-order valence-corrected chi connectivity index (χ3v) is 4.54. The van der Waals surface area contributed by atoms with Gasteiger partial charge in [-0.25, -0.2) is 14.5 Å². The van der Waals surface area contributed by atoms with Crippen molar-refractivity contribution >= 4 is 23.6 Å². The average Bonchev–Trinajstić information content (AvgIpc) is 3.10. The van der Waals surface area contributed by atoms with Crippen LogP contribution in [0.25, 0.3) is 5.65 Å². The van der Waals surface area contributed by atoms with Crippen LogP contribution in [-0.2, 0) is 0 Å². The lowest BCUT2D eigenvalue weighted by molar-refractivity contribution is 0.0763. The molecule has 5 heterocycles. The van der Waals surface area contributed by atoms with Crippen molar-refractivity contribution in [3.05, 3.63) is 65.7 Å². The Balaban J connectivity index is 1.70. The van der Waals surface area contributed by atoms with Crippen molar-refractivity contribution in [2.24, 2.45) is 4.99 Å². The molecule has 128 valence electrons. The smallest absolute Gasteiger partial charge is 0.259 e. The fraction of sp³-hybridized carbons (Fsp3) is 0.158. The Labute approximate surface area is 149 Å². The van der Waals surface area contributed by atoms with E-state index in [0.717, 1.165) is 17.1 Å². The van der Waals surface area contributed by atoms with Crippen LogP contribution in [0.4, 0.5) is 5.82 Å². The summed E-state index contributed by atoms with van der Waals surface area (Å²) in [4.78, 5) is 23.6. The van der Waals surface area contributed by atoms with Gasteiger partial charge in [0.25, 0.3) is 5.91 Å². The molecular formula is C19H15N5O2. The third kappa shape index (κ3) is 2.45.